The second kappa shape index (κ2) is 9.35. The van der Waals surface area contributed by atoms with E-state index in [9.17, 15) is 22.8 Å². The molecular weight excluding hydrogens is 453 g/mol. The van der Waals surface area contributed by atoms with Crippen molar-refractivity contribution in [3.8, 4) is 0 Å². The van der Waals surface area contributed by atoms with Crippen molar-refractivity contribution in [1.29, 1.82) is 0 Å². The van der Waals surface area contributed by atoms with Crippen LogP contribution in [0.2, 0.25) is 0 Å². The van der Waals surface area contributed by atoms with Crippen LogP contribution in [0.4, 0.5) is 18.9 Å². The molecule has 0 saturated heterocycles. The molecule has 1 aliphatic carbocycles. The van der Waals surface area contributed by atoms with Crippen LogP contribution in [-0.2, 0) is 30.6 Å². The van der Waals surface area contributed by atoms with Gasteiger partial charge in [0.05, 0.1) is 31.0 Å². The Morgan fingerprint density at radius 2 is 2.06 bits per heavy atom. The number of nitrogens with one attached hydrogen (secondary N) is 2. The molecule has 3 aromatic rings. The largest absolute Gasteiger partial charge is 0.467 e. The summed E-state index contributed by atoms with van der Waals surface area (Å²) in [4.78, 5) is 25.5. The molecule has 9 nitrogen and oxygen atoms in total. The Bertz CT molecular complexity index is 1160. The van der Waals surface area contributed by atoms with Gasteiger partial charge >= 0.3 is 6.18 Å². The highest BCUT2D eigenvalue weighted by Crippen LogP contribution is 2.42. The van der Waals surface area contributed by atoms with Crippen LogP contribution in [0.1, 0.15) is 60.2 Å². The molecule has 4 rings (SSSR count). The third-order valence-electron chi connectivity index (χ3n) is 5.55. The van der Waals surface area contributed by atoms with Gasteiger partial charge in [-0.05, 0) is 38.0 Å². The molecular formula is C22H25F3N6O3. The van der Waals surface area contributed by atoms with Gasteiger partial charge in [0.25, 0.3) is 5.91 Å². The Kier molecular flexibility index (Phi) is 6.49. The van der Waals surface area contributed by atoms with E-state index in [1.54, 1.807) is 19.1 Å². The molecule has 0 radical (unpaired) electrons. The van der Waals surface area contributed by atoms with Gasteiger partial charge in [-0.15, -0.1) is 0 Å². The topological polar surface area (TPSA) is 107 Å². The van der Waals surface area contributed by atoms with Gasteiger partial charge in [-0.2, -0.15) is 23.4 Å². The smallest absolute Gasteiger partial charge is 0.435 e. The van der Waals surface area contributed by atoms with Crippen LogP contribution in [-0.4, -0.2) is 31.4 Å². The van der Waals surface area contributed by atoms with Crippen molar-refractivity contribution in [2.75, 3.05) is 5.32 Å². The average molecular weight is 478 g/mol. The van der Waals surface area contributed by atoms with Gasteiger partial charge in [0.15, 0.2) is 11.4 Å². The zero-order valence-electron chi connectivity index (χ0n) is 18.7. The summed E-state index contributed by atoms with van der Waals surface area (Å²) in [5.41, 5.74) is -0.217. The number of rotatable bonds is 9. The summed E-state index contributed by atoms with van der Waals surface area (Å²) in [5, 5.41) is 13.3. The highest BCUT2D eigenvalue weighted by atomic mass is 19.4. The Hall–Kier alpha value is -3.57. The van der Waals surface area contributed by atoms with Crippen LogP contribution in [0, 0.1) is 5.92 Å². The third-order valence-corrected chi connectivity index (χ3v) is 5.55. The predicted molar refractivity (Wildman–Crippen MR) is 115 cm³/mol. The van der Waals surface area contributed by atoms with Gasteiger partial charge in [-0.25, -0.2) is 0 Å². The number of nitrogens with zero attached hydrogens (tertiary/aromatic N) is 4. The number of alkyl halides is 3. The minimum atomic E-state index is -4.55. The van der Waals surface area contributed by atoms with Crippen LogP contribution in [0.3, 0.4) is 0 Å². The highest BCUT2D eigenvalue weighted by molar-refractivity contribution is 6.02. The Balaban J connectivity index is 1.45. The SMILES string of the molecule is CCn1cc(NC(=O)C(C)Cn2nc(C(F)(F)F)cc2C2CC2)c(C(=O)NCc2ccco2)n1. The summed E-state index contributed by atoms with van der Waals surface area (Å²) in [6.45, 7) is 4.04. The van der Waals surface area contributed by atoms with Crippen LogP contribution in [0.5, 0.6) is 0 Å². The molecule has 182 valence electrons. The number of halogens is 3. The number of amides is 2. The molecule has 3 aromatic heterocycles. The maximum atomic E-state index is 13.1. The summed E-state index contributed by atoms with van der Waals surface area (Å²) in [6.07, 6.45) is 0.0868. The summed E-state index contributed by atoms with van der Waals surface area (Å²) in [7, 11) is 0. The van der Waals surface area contributed by atoms with Crippen molar-refractivity contribution in [3.63, 3.8) is 0 Å². The zero-order chi connectivity index (χ0) is 24.5. The molecule has 1 fully saturated rings. The van der Waals surface area contributed by atoms with Crippen molar-refractivity contribution in [1.82, 2.24) is 24.9 Å². The Morgan fingerprint density at radius 3 is 2.68 bits per heavy atom. The fraction of sp³-hybridized carbons (Fsp3) is 0.455. The first-order valence-electron chi connectivity index (χ1n) is 11.0. The molecule has 0 aliphatic heterocycles. The molecule has 3 heterocycles. The third kappa shape index (κ3) is 5.32. The average Bonchev–Trinajstić information content (AvgIpc) is 3.17. The number of carbonyl (C=O) groups excluding carboxylic acids is 2. The Morgan fingerprint density at radius 1 is 1.29 bits per heavy atom. The normalized spacial score (nSPS) is 14.7. The van der Waals surface area contributed by atoms with Crippen LogP contribution in [0.25, 0.3) is 0 Å². The maximum absolute atomic E-state index is 13.1. The Labute approximate surface area is 193 Å². The molecule has 0 bridgehead atoms. The zero-order valence-corrected chi connectivity index (χ0v) is 18.7. The minimum Gasteiger partial charge on any atom is -0.467 e. The van der Waals surface area contributed by atoms with E-state index in [1.165, 1.54) is 21.8 Å². The van der Waals surface area contributed by atoms with E-state index in [0.29, 0.717) is 18.0 Å². The van der Waals surface area contributed by atoms with Crippen LogP contribution >= 0.6 is 0 Å². The number of anilines is 1. The van der Waals surface area contributed by atoms with Crippen molar-refractivity contribution in [2.45, 2.75) is 58.4 Å². The van der Waals surface area contributed by atoms with E-state index >= 15 is 0 Å². The van der Waals surface area contributed by atoms with Crippen molar-refractivity contribution >= 4 is 17.5 Å². The van der Waals surface area contributed by atoms with E-state index in [-0.39, 0.29) is 30.4 Å². The van der Waals surface area contributed by atoms with Gasteiger partial charge in [0.2, 0.25) is 5.91 Å². The summed E-state index contributed by atoms with van der Waals surface area (Å²) in [6, 6.07) is 4.48. The molecule has 2 amide bonds. The second-order valence-electron chi connectivity index (χ2n) is 8.31. The quantitative estimate of drug-likeness (QED) is 0.487. The number of hydrogen-bond acceptors (Lipinski definition) is 5. The van der Waals surface area contributed by atoms with Gasteiger partial charge in [-0.3, -0.25) is 19.0 Å². The lowest BCUT2D eigenvalue weighted by molar-refractivity contribution is -0.141. The lowest BCUT2D eigenvalue weighted by atomic mass is 10.1. The molecule has 1 atom stereocenters. The van der Waals surface area contributed by atoms with E-state index in [2.05, 4.69) is 20.8 Å². The lowest BCUT2D eigenvalue weighted by Gasteiger charge is -2.14. The first-order chi connectivity index (χ1) is 16.2. The summed E-state index contributed by atoms with van der Waals surface area (Å²) >= 11 is 0. The number of hydrogen-bond donors (Lipinski definition) is 2. The van der Waals surface area contributed by atoms with Gasteiger partial charge in [0.1, 0.15) is 5.76 Å². The minimum absolute atomic E-state index is 0.0182. The van der Waals surface area contributed by atoms with Crippen LogP contribution in [0.15, 0.2) is 35.1 Å². The van der Waals surface area contributed by atoms with E-state index in [4.69, 9.17) is 4.42 Å². The standard InChI is InChI=1S/C22H25F3N6O3/c1-3-30-12-16(19(29-30)21(33)26-10-15-5-4-8-34-15)27-20(32)13(2)11-31-17(14-6-7-14)9-18(28-31)22(23,24)25/h4-5,8-9,12-14H,3,6-7,10-11H2,1-2H3,(H,26,33)(H,27,32). The summed E-state index contributed by atoms with van der Waals surface area (Å²) < 4.78 is 47.4. The number of carbonyl (C=O) groups is 2. The number of aryl methyl sites for hydroxylation is 1. The van der Waals surface area contributed by atoms with Gasteiger partial charge in [0, 0.05) is 24.4 Å². The van der Waals surface area contributed by atoms with Gasteiger partial charge < -0.3 is 15.1 Å². The second-order valence-corrected chi connectivity index (χ2v) is 8.31. The predicted octanol–water partition coefficient (Wildman–Crippen LogP) is 3.79. The molecule has 0 aromatic carbocycles. The number of furan rings is 1. The molecule has 1 aliphatic rings. The molecule has 2 N–H and O–H groups in total. The molecule has 0 spiro atoms. The maximum Gasteiger partial charge on any atom is 0.435 e. The highest BCUT2D eigenvalue weighted by Gasteiger charge is 2.38. The van der Waals surface area contributed by atoms with Crippen molar-refractivity contribution in [2.24, 2.45) is 5.92 Å². The first kappa shape index (κ1) is 23.6. The van der Waals surface area contributed by atoms with E-state index in [0.717, 1.165) is 18.9 Å². The summed E-state index contributed by atoms with van der Waals surface area (Å²) in [5.74, 6) is -1.06. The van der Waals surface area contributed by atoms with Crippen molar-refractivity contribution < 1.29 is 27.2 Å². The monoisotopic (exact) mass is 478 g/mol. The van der Waals surface area contributed by atoms with Crippen LogP contribution < -0.4 is 10.6 Å². The first-order valence-corrected chi connectivity index (χ1v) is 11.0. The van der Waals surface area contributed by atoms with Crippen molar-refractivity contribution in [3.05, 3.63) is 53.5 Å². The molecule has 1 saturated carbocycles. The van der Waals surface area contributed by atoms with E-state index < -0.39 is 29.6 Å². The fourth-order valence-corrected chi connectivity index (χ4v) is 3.53. The lowest BCUT2D eigenvalue weighted by Crippen LogP contribution is -2.28. The molecule has 12 heteroatoms. The number of aromatic nitrogens is 4. The van der Waals surface area contributed by atoms with E-state index in [1.807, 2.05) is 6.92 Å². The molecule has 1 unspecified atom stereocenters. The molecule has 34 heavy (non-hydrogen) atoms. The fourth-order valence-electron chi connectivity index (χ4n) is 3.53. The van der Waals surface area contributed by atoms with Gasteiger partial charge in [-0.1, -0.05) is 6.92 Å².